The number of aryl methyl sites for hydroxylation is 1. The first kappa shape index (κ1) is 91.4. The van der Waals surface area contributed by atoms with Crippen molar-refractivity contribution >= 4 is 73.9 Å². The number of alkyl halides is 3. The summed E-state index contributed by atoms with van der Waals surface area (Å²) in [6, 6.07) is 16.9. The fourth-order valence-corrected chi connectivity index (χ4v) is 16.2. The quantitative estimate of drug-likeness (QED) is 0.00748. The number of nitro groups is 1. The van der Waals surface area contributed by atoms with Crippen LogP contribution in [0.3, 0.4) is 0 Å². The molecule has 114 heavy (non-hydrogen) atoms. The number of imidazole rings is 1. The number of ether oxygens (including phenoxy) is 8. The number of nitrogen functional groups attached to an aromatic ring is 1. The molecule has 4 aliphatic heterocycles. The molecule has 5 heterocycles. The van der Waals surface area contributed by atoms with E-state index in [2.05, 4.69) is 76.1 Å². The molecule has 0 atom stereocenters. The number of fused-ring (bicyclic) bond motifs is 1. The molecule has 26 nitrogen and oxygen atoms in total. The summed E-state index contributed by atoms with van der Waals surface area (Å²) in [5, 5.41) is 31.6. The Hall–Kier alpha value is -8.12. The van der Waals surface area contributed by atoms with Gasteiger partial charge in [-0.25, -0.2) is 9.78 Å². The van der Waals surface area contributed by atoms with Crippen molar-refractivity contribution in [3.05, 3.63) is 64.5 Å². The second kappa shape index (κ2) is 48.4. The second-order valence-corrected chi connectivity index (χ2v) is 31.2. The summed E-state index contributed by atoms with van der Waals surface area (Å²) in [6.45, 7) is 21.5. The van der Waals surface area contributed by atoms with E-state index in [0.29, 0.717) is 72.7 Å². The molecule has 8 fully saturated rings. The number of nitrogens with one attached hydrogen (secondary N) is 4. The van der Waals surface area contributed by atoms with E-state index in [1.165, 1.54) is 193 Å². The Morgan fingerprint density at radius 1 is 0.500 bits per heavy atom. The molecule has 636 valence electrons. The number of halogens is 4. The first-order valence-corrected chi connectivity index (χ1v) is 42.0. The van der Waals surface area contributed by atoms with Crippen molar-refractivity contribution in [2.45, 2.75) is 231 Å². The first-order valence-electron chi connectivity index (χ1n) is 41.6. The Morgan fingerprint density at radius 3 is 1.18 bits per heavy atom. The van der Waals surface area contributed by atoms with Crippen molar-refractivity contribution in [1.29, 1.82) is 0 Å². The number of aromatic nitrogens is 2. The van der Waals surface area contributed by atoms with Crippen LogP contribution in [-0.4, -0.2) is 214 Å². The van der Waals surface area contributed by atoms with Gasteiger partial charge in [-0.15, -0.1) is 0 Å². The summed E-state index contributed by atoms with van der Waals surface area (Å²) in [5.74, 6) is 3.75. The lowest BCUT2D eigenvalue weighted by Crippen LogP contribution is -2.22. The minimum Gasteiger partial charge on any atom is -0.493 e. The second-order valence-electron chi connectivity index (χ2n) is 30.7. The smallest absolute Gasteiger partial charge is 0.490 e. The highest BCUT2D eigenvalue weighted by atomic mass is 35.5. The van der Waals surface area contributed by atoms with Gasteiger partial charge in [0.05, 0.1) is 99.6 Å². The van der Waals surface area contributed by atoms with Crippen LogP contribution in [0, 0.1) is 17.0 Å². The molecular weight excluding hydrogens is 1490 g/mol. The molecular formula is C84H128ClF3N12O14. The van der Waals surface area contributed by atoms with Gasteiger partial charge in [-0.1, -0.05) is 51.4 Å². The lowest BCUT2D eigenvalue weighted by Gasteiger charge is -2.21. The minimum absolute atomic E-state index is 0.0484. The number of nitrogens with two attached hydrogens (primary N) is 1. The molecule has 4 saturated carbocycles. The van der Waals surface area contributed by atoms with Crippen LogP contribution in [0.1, 0.15) is 205 Å². The van der Waals surface area contributed by atoms with Gasteiger partial charge in [0.15, 0.2) is 46.0 Å². The summed E-state index contributed by atoms with van der Waals surface area (Å²) in [5.41, 5.74) is 12.3. The molecule has 0 radical (unpaired) electrons. The number of rotatable bonds is 33. The number of nitro benzene ring substituents is 1. The number of carbonyl (C=O) groups excluding carboxylic acids is 2. The number of carbonyl (C=O) groups is 3. The van der Waals surface area contributed by atoms with Crippen LogP contribution in [0.5, 0.6) is 46.0 Å². The molecule has 1 amide bonds. The molecule has 0 spiro atoms. The molecule has 1 aromatic heterocycles. The van der Waals surface area contributed by atoms with Crippen molar-refractivity contribution in [1.82, 2.24) is 29.2 Å². The zero-order valence-corrected chi connectivity index (χ0v) is 69.3. The summed E-state index contributed by atoms with van der Waals surface area (Å²) < 4.78 is 80.1. The molecule has 30 heteroatoms. The van der Waals surface area contributed by atoms with Crippen molar-refractivity contribution in [2.24, 2.45) is 0 Å². The number of methoxy groups -OCH3 is 4. The van der Waals surface area contributed by atoms with Crippen molar-refractivity contribution in [3.63, 3.8) is 0 Å². The molecule has 4 aromatic carbocycles. The van der Waals surface area contributed by atoms with Crippen molar-refractivity contribution < 1.29 is 75.5 Å². The van der Waals surface area contributed by atoms with E-state index in [-0.39, 0.29) is 21.8 Å². The van der Waals surface area contributed by atoms with Crippen LogP contribution in [0.2, 0.25) is 0 Å². The minimum atomic E-state index is -5.08. The van der Waals surface area contributed by atoms with Crippen LogP contribution in [-0.2, 0) is 14.4 Å². The number of carboxylic acid groups (broad SMARTS) is 1. The molecule has 13 rings (SSSR count). The Kier molecular flexibility index (Phi) is 38.8. The Labute approximate surface area is 677 Å². The first-order chi connectivity index (χ1) is 55.0. The van der Waals surface area contributed by atoms with E-state index in [9.17, 15) is 32.9 Å². The predicted molar refractivity (Wildman–Crippen MR) is 444 cm³/mol. The van der Waals surface area contributed by atoms with E-state index in [1.807, 2.05) is 24.3 Å². The maximum atomic E-state index is 11.7. The highest BCUT2D eigenvalue weighted by Crippen LogP contribution is 2.43. The van der Waals surface area contributed by atoms with Crippen molar-refractivity contribution in [2.75, 3.05) is 160 Å². The maximum Gasteiger partial charge on any atom is 0.490 e. The Morgan fingerprint density at radius 2 is 0.816 bits per heavy atom. The lowest BCUT2D eigenvalue weighted by molar-refractivity contribution is -0.384. The van der Waals surface area contributed by atoms with E-state index < -0.39 is 12.1 Å². The number of likely N-dealkylation sites (tertiary alicyclic amines) is 4. The van der Waals surface area contributed by atoms with E-state index in [0.717, 1.165) is 154 Å². The molecule has 5 aromatic rings. The van der Waals surface area contributed by atoms with Crippen LogP contribution in [0.4, 0.5) is 47.3 Å². The number of nitrogens with zero attached hydrogens (tertiary/aromatic N) is 7. The van der Waals surface area contributed by atoms with Gasteiger partial charge < -0.3 is 94.2 Å². The third-order valence-corrected chi connectivity index (χ3v) is 22.0. The monoisotopic (exact) mass is 1620 g/mol. The number of aliphatic carboxylic acids is 1. The summed E-state index contributed by atoms with van der Waals surface area (Å²) >= 11 is 4.64. The Bertz CT molecular complexity index is 3730. The van der Waals surface area contributed by atoms with Crippen LogP contribution >= 0.6 is 11.6 Å². The summed E-state index contributed by atoms with van der Waals surface area (Å²) in [4.78, 5) is 55.7. The number of carboxylic acids is 1. The molecule has 8 aliphatic rings. The van der Waals surface area contributed by atoms with Gasteiger partial charge in [0, 0.05) is 107 Å². The fourth-order valence-electron chi connectivity index (χ4n) is 16.2. The summed E-state index contributed by atoms with van der Waals surface area (Å²) in [6.07, 6.45) is 28.9. The number of anilines is 5. The van der Waals surface area contributed by atoms with Gasteiger partial charge in [0.2, 0.25) is 11.1 Å². The molecule has 0 unspecified atom stereocenters. The number of benzene rings is 4. The standard InChI is InChI=1S/C21H33N3O3.C21H31N3O2.C19H29N3O4.C19H31N3O2.C2H3ClO.C2HF3O2/c1-16(25)22-18-15-21(27-13-7-12-24-10-5-6-11-24)20(26-2)14-19(18)23-17-8-3-4-9-17;1-16-22-18-14-21(26-13-7-12-23-10-5-6-11-23)20(25-2)15-19(18)24(16)17-8-3-4-9-17;1-25-18-13-16(20-15-7-2-3-8-15)17(22(23)24)14-19(18)26-12-6-11-21-9-4-5-10-21;1-23-18-14-17(21-15-7-2-3-8-15)16(20)13-19(18)24-12-6-11-22-9-4-5-10-22;1-2(3)4;3-2(4,5)1(6)7/h14-15,17,23H,3-13H2,1-2H3,(H,22,25);14-15,17H,3-13H2,1-2H3;13-15,20H,2-12H2,1H3;13-15,21H,2-12,20H2,1H3;1H3;(H,6,7). The van der Waals surface area contributed by atoms with Crippen LogP contribution < -0.4 is 64.9 Å². The lowest BCUT2D eigenvalue weighted by atomic mass is 10.2. The molecule has 7 N–H and O–H groups in total. The normalized spacial score (nSPS) is 17.6. The molecule has 4 aliphatic carbocycles. The highest BCUT2D eigenvalue weighted by Gasteiger charge is 2.38. The topological polar surface area (TPSA) is 293 Å². The molecule has 0 bridgehead atoms. The Balaban J connectivity index is 0.000000182. The third kappa shape index (κ3) is 30.5. The maximum absolute atomic E-state index is 11.7. The largest absolute Gasteiger partial charge is 0.493 e. The van der Waals surface area contributed by atoms with Gasteiger partial charge in [0.1, 0.15) is 11.5 Å². The highest BCUT2D eigenvalue weighted by molar-refractivity contribution is 6.62. The summed E-state index contributed by atoms with van der Waals surface area (Å²) in [7, 11) is 6.63. The van der Waals surface area contributed by atoms with E-state index >= 15 is 0 Å². The zero-order chi connectivity index (χ0) is 81.8. The van der Waals surface area contributed by atoms with Gasteiger partial charge in [-0.2, -0.15) is 13.2 Å². The van der Waals surface area contributed by atoms with Gasteiger partial charge in [-0.3, -0.25) is 19.7 Å². The average Bonchev–Trinajstić information content (AvgIpc) is 1.62. The SMILES string of the molecule is CC(=O)Cl.COc1cc(NC2CCCC2)c(N)cc1OCCCN1CCCC1.COc1cc(NC2CCCC2)c(NC(C)=O)cc1OCCCN1CCCC1.COc1cc(NC2CCCC2)c([N+](=O)[O-])cc1OCCCN1CCCC1.COc1cc2c(cc1OCCCN1CCCC1)nc(C)n2C1CCCC1.O=C(O)C(F)(F)F. The van der Waals surface area contributed by atoms with Crippen LogP contribution in [0.15, 0.2) is 48.5 Å². The average molecular weight is 1620 g/mol. The predicted octanol–water partition coefficient (Wildman–Crippen LogP) is 16.9. The zero-order valence-electron chi connectivity index (χ0n) is 68.5. The number of hydrogen-bond acceptors (Lipinski definition) is 22. The van der Waals surface area contributed by atoms with Crippen LogP contribution in [0.25, 0.3) is 11.0 Å². The molecule has 4 saturated heterocycles. The van der Waals surface area contributed by atoms with Gasteiger partial charge in [0.25, 0.3) is 5.69 Å². The number of amides is 1. The van der Waals surface area contributed by atoms with Gasteiger partial charge >= 0.3 is 12.1 Å². The number of hydrogen-bond donors (Lipinski definition) is 6. The van der Waals surface area contributed by atoms with Gasteiger partial charge in [-0.05, 0) is 199 Å². The van der Waals surface area contributed by atoms with E-state index in [4.69, 9.17) is 58.5 Å². The fraction of sp³-hybridized carbons (Fsp3) is 0.667. The van der Waals surface area contributed by atoms with Crippen molar-refractivity contribution in [3.8, 4) is 46.0 Å². The van der Waals surface area contributed by atoms with E-state index in [1.54, 1.807) is 34.5 Å². The third-order valence-electron chi connectivity index (χ3n) is 22.0.